The van der Waals surface area contributed by atoms with Crippen molar-refractivity contribution in [3.05, 3.63) is 21.9 Å². The SMILES string of the molecule is CCC(C)NC(=O)C1CSCN1C(=O)c1ccc(C(=O)O)s1. The molecule has 2 unspecified atom stereocenters. The average molecular weight is 342 g/mol. The van der Waals surface area contributed by atoms with Crippen LogP contribution in [0.3, 0.4) is 0 Å². The molecular weight excluding hydrogens is 324 g/mol. The summed E-state index contributed by atoms with van der Waals surface area (Å²) in [4.78, 5) is 37.7. The highest BCUT2D eigenvalue weighted by Gasteiger charge is 2.36. The number of hydrogen-bond acceptors (Lipinski definition) is 5. The summed E-state index contributed by atoms with van der Waals surface area (Å²) in [5.74, 6) is -0.483. The minimum atomic E-state index is -1.05. The van der Waals surface area contributed by atoms with Gasteiger partial charge in [0.15, 0.2) is 0 Å². The summed E-state index contributed by atoms with van der Waals surface area (Å²) in [5, 5.41) is 11.8. The van der Waals surface area contributed by atoms with Crippen LogP contribution in [0.1, 0.15) is 39.6 Å². The van der Waals surface area contributed by atoms with E-state index in [0.717, 1.165) is 17.8 Å². The van der Waals surface area contributed by atoms with Gasteiger partial charge in [0, 0.05) is 11.8 Å². The summed E-state index contributed by atoms with van der Waals surface area (Å²) in [6.07, 6.45) is 0.826. The Hall–Kier alpha value is -1.54. The molecule has 1 aliphatic heterocycles. The van der Waals surface area contributed by atoms with E-state index in [0.29, 0.717) is 16.5 Å². The molecule has 2 amide bonds. The maximum Gasteiger partial charge on any atom is 0.345 e. The molecule has 0 aliphatic carbocycles. The van der Waals surface area contributed by atoms with Gasteiger partial charge in [0.1, 0.15) is 10.9 Å². The zero-order valence-corrected chi connectivity index (χ0v) is 14.0. The molecule has 1 saturated heterocycles. The van der Waals surface area contributed by atoms with E-state index in [-0.39, 0.29) is 22.7 Å². The molecule has 8 heteroatoms. The van der Waals surface area contributed by atoms with Gasteiger partial charge >= 0.3 is 5.97 Å². The van der Waals surface area contributed by atoms with Gasteiger partial charge in [0.25, 0.3) is 5.91 Å². The van der Waals surface area contributed by atoms with E-state index in [4.69, 9.17) is 5.11 Å². The highest BCUT2D eigenvalue weighted by atomic mass is 32.2. The molecule has 0 bridgehead atoms. The normalized spacial score (nSPS) is 19.0. The first-order valence-electron chi connectivity index (χ1n) is 6.96. The highest BCUT2D eigenvalue weighted by Crippen LogP contribution is 2.26. The molecule has 2 heterocycles. The predicted octanol–water partition coefficient (Wildman–Crippen LogP) is 1.88. The lowest BCUT2D eigenvalue weighted by molar-refractivity contribution is -0.125. The molecule has 2 rings (SSSR count). The van der Waals surface area contributed by atoms with E-state index < -0.39 is 12.0 Å². The second kappa shape index (κ2) is 7.15. The van der Waals surface area contributed by atoms with E-state index in [2.05, 4.69) is 5.32 Å². The third-order valence-electron chi connectivity index (χ3n) is 3.47. The van der Waals surface area contributed by atoms with Gasteiger partial charge in [-0.1, -0.05) is 6.92 Å². The number of carboxylic acid groups (broad SMARTS) is 1. The number of carboxylic acids is 1. The quantitative estimate of drug-likeness (QED) is 0.853. The highest BCUT2D eigenvalue weighted by molar-refractivity contribution is 7.99. The molecule has 0 aromatic carbocycles. The van der Waals surface area contributed by atoms with Crippen LogP contribution in [0.2, 0.25) is 0 Å². The number of thiophene rings is 1. The number of carbonyl (C=O) groups is 3. The molecule has 2 N–H and O–H groups in total. The number of nitrogens with one attached hydrogen (secondary N) is 1. The Balaban J connectivity index is 2.10. The number of thioether (sulfide) groups is 1. The third kappa shape index (κ3) is 3.61. The fourth-order valence-corrected chi connectivity index (χ4v) is 3.97. The summed E-state index contributed by atoms with van der Waals surface area (Å²) in [7, 11) is 0. The zero-order chi connectivity index (χ0) is 16.3. The monoisotopic (exact) mass is 342 g/mol. The lowest BCUT2D eigenvalue weighted by Gasteiger charge is -2.24. The Morgan fingerprint density at radius 2 is 2.09 bits per heavy atom. The minimum Gasteiger partial charge on any atom is -0.477 e. The van der Waals surface area contributed by atoms with Crippen LogP contribution in [0.25, 0.3) is 0 Å². The van der Waals surface area contributed by atoms with Crippen LogP contribution in [0.4, 0.5) is 0 Å². The molecular formula is C14H18N2O4S2. The van der Waals surface area contributed by atoms with Crippen LogP contribution < -0.4 is 5.32 Å². The molecule has 1 aliphatic rings. The number of nitrogens with zero attached hydrogens (tertiary/aromatic N) is 1. The smallest absolute Gasteiger partial charge is 0.345 e. The first kappa shape index (κ1) is 16.8. The fourth-order valence-electron chi connectivity index (χ4n) is 2.01. The minimum absolute atomic E-state index is 0.0652. The number of carbonyl (C=O) groups excluding carboxylic acids is 2. The van der Waals surface area contributed by atoms with Gasteiger partial charge in [-0.15, -0.1) is 23.1 Å². The van der Waals surface area contributed by atoms with Crippen LogP contribution in [0.5, 0.6) is 0 Å². The van der Waals surface area contributed by atoms with E-state index >= 15 is 0 Å². The van der Waals surface area contributed by atoms with Crippen LogP contribution in [-0.2, 0) is 4.79 Å². The Labute approximate surface area is 136 Å². The van der Waals surface area contributed by atoms with Crippen molar-refractivity contribution in [2.45, 2.75) is 32.4 Å². The van der Waals surface area contributed by atoms with Gasteiger partial charge in [0.05, 0.1) is 10.8 Å². The van der Waals surface area contributed by atoms with Crippen molar-refractivity contribution in [1.29, 1.82) is 0 Å². The summed E-state index contributed by atoms with van der Waals surface area (Å²) < 4.78 is 0. The summed E-state index contributed by atoms with van der Waals surface area (Å²) in [6.45, 7) is 3.90. The van der Waals surface area contributed by atoms with Crippen molar-refractivity contribution in [1.82, 2.24) is 10.2 Å². The van der Waals surface area contributed by atoms with Crippen LogP contribution in [-0.4, -0.2) is 51.5 Å². The Morgan fingerprint density at radius 3 is 2.68 bits per heavy atom. The summed E-state index contributed by atoms with van der Waals surface area (Å²) in [6, 6.07) is 2.48. The van der Waals surface area contributed by atoms with Gasteiger partial charge in [-0.05, 0) is 25.5 Å². The van der Waals surface area contributed by atoms with Crippen LogP contribution >= 0.6 is 23.1 Å². The van der Waals surface area contributed by atoms with Crippen LogP contribution in [0.15, 0.2) is 12.1 Å². The molecule has 0 saturated carbocycles. The summed E-state index contributed by atoms with van der Waals surface area (Å²) in [5.41, 5.74) is 0. The van der Waals surface area contributed by atoms with E-state index in [1.165, 1.54) is 28.8 Å². The third-order valence-corrected chi connectivity index (χ3v) is 5.55. The van der Waals surface area contributed by atoms with Gasteiger partial charge in [-0.3, -0.25) is 9.59 Å². The second-order valence-electron chi connectivity index (χ2n) is 5.08. The van der Waals surface area contributed by atoms with Crippen molar-refractivity contribution < 1.29 is 19.5 Å². The van der Waals surface area contributed by atoms with Crippen molar-refractivity contribution in [2.75, 3.05) is 11.6 Å². The second-order valence-corrected chi connectivity index (χ2v) is 7.16. The number of rotatable bonds is 5. The van der Waals surface area contributed by atoms with Crippen molar-refractivity contribution >= 4 is 40.9 Å². The van der Waals surface area contributed by atoms with Gasteiger partial charge in [0.2, 0.25) is 5.91 Å². The van der Waals surface area contributed by atoms with E-state index in [1.807, 2.05) is 13.8 Å². The van der Waals surface area contributed by atoms with Gasteiger partial charge in [-0.25, -0.2) is 4.79 Å². The Kier molecular flexibility index (Phi) is 5.47. The number of hydrogen-bond donors (Lipinski definition) is 2. The van der Waals surface area contributed by atoms with Crippen molar-refractivity contribution in [3.63, 3.8) is 0 Å². The molecule has 120 valence electrons. The van der Waals surface area contributed by atoms with Gasteiger partial charge < -0.3 is 15.3 Å². The molecule has 2 atom stereocenters. The predicted molar refractivity (Wildman–Crippen MR) is 86.5 cm³/mol. The average Bonchev–Trinajstić information content (AvgIpc) is 3.15. The van der Waals surface area contributed by atoms with Crippen LogP contribution in [0, 0.1) is 0 Å². The molecule has 1 aromatic rings. The van der Waals surface area contributed by atoms with E-state index in [1.54, 1.807) is 0 Å². The lowest BCUT2D eigenvalue weighted by Crippen LogP contribution is -2.49. The van der Waals surface area contributed by atoms with E-state index in [9.17, 15) is 14.4 Å². The molecule has 22 heavy (non-hydrogen) atoms. The fraction of sp³-hybridized carbons (Fsp3) is 0.500. The maximum atomic E-state index is 12.5. The van der Waals surface area contributed by atoms with Crippen molar-refractivity contribution in [3.8, 4) is 0 Å². The largest absolute Gasteiger partial charge is 0.477 e. The first-order valence-corrected chi connectivity index (χ1v) is 8.93. The molecule has 0 radical (unpaired) electrons. The standard InChI is InChI=1S/C14H18N2O4S2/c1-3-8(2)15-12(17)9-6-21-7-16(9)13(18)10-4-5-11(22-10)14(19)20/h4-5,8-9H,3,6-7H2,1-2H3,(H,15,17)(H,19,20). The maximum absolute atomic E-state index is 12.5. The van der Waals surface area contributed by atoms with Crippen molar-refractivity contribution in [2.24, 2.45) is 0 Å². The Morgan fingerprint density at radius 1 is 1.41 bits per heavy atom. The number of amides is 2. The Bertz CT molecular complexity index is 587. The molecule has 6 nitrogen and oxygen atoms in total. The molecule has 1 fully saturated rings. The number of aromatic carboxylic acids is 1. The first-order chi connectivity index (χ1) is 10.4. The zero-order valence-electron chi connectivity index (χ0n) is 12.4. The summed E-state index contributed by atoms with van der Waals surface area (Å²) >= 11 is 2.46. The molecule has 0 spiro atoms. The van der Waals surface area contributed by atoms with Gasteiger partial charge in [-0.2, -0.15) is 0 Å². The lowest BCUT2D eigenvalue weighted by atomic mass is 10.2. The molecule has 1 aromatic heterocycles. The topological polar surface area (TPSA) is 86.7 Å².